The summed E-state index contributed by atoms with van der Waals surface area (Å²) in [4.78, 5) is 12.6. The molecule has 1 aromatic rings. The van der Waals surface area contributed by atoms with Crippen LogP contribution in [0.3, 0.4) is 0 Å². The zero-order chi connectivity index (χ0) is 13.3. The van der Waals surface area contributed by atoms with Crippen molar-refractivity contribution in [2.24, 2.45) is 11.3 Å². The molecule has 0 amide bonds. The van der Waals surface area contributed by atoms with Gasteiger partial charge < -0.3 is 5.73 Å². The number of carbonyl (C=O) groups excluding carboxylic acids is 1. The van der Waals surface area contributed by atoms with Gasteiger partial charge in [0.1, 0.15) is 0 Å². The molecule has 1 aliphatic rings. The number of hydrogen-bond donors (Lipinski definition) is 1. The predicted octanol–water partition coefficient (Wildman–Crippen LogP) is 4.32. The average Bonchev–Trinajstić information content (AvgIpc) is 2.31. The van der Waals surface area contributed by atoms with E-state index in [-0.39, 0.29) is 17.1 Å². The number of anilines is 1. The van der Waals surface area contributed by atoms with E-state index in [0.717, 1.165) is 19.3 Å². The number of nitrogens with two attached hydrogens (primary N) is 1. The molecule has 3 heteroatoms. The van der Waals surface area contributed by atoms with E-state index in [4.69, 9.17) is 17.3 Å². The van der Waals surface area contributed by atoms with Gasteiger partial charge in [-0.05, 0) is 36.5 Å². The lowest BCUT2D eigenvalue weighted by atomic mass is 9.66. The summed E-state index contributed by atoms with van der Waals surface area (Å²) in [5.74, 6) is 0.313. The second-order valence-corrected chi connectivity index (χ2v) is 6.29. The second kappa shape index (κ2) is 4.93. The van der Waals surface area contributed by atoms with E-state index in [2.05, 4.69) is 13.8 Å². The van der Waals surface area contributed by atoms with Crippen molar-refractivity contribution in [3.8, 4) is 0 Å². The zero-order valence-corrected chi connectivity index (χ0v) is 11.8. The van der Waals surface area contributed by atoms with Gasteiger partial charge in [0, 0.05) is 11.5 Å². The third-order valence-electron chi connectivity index (χ3n) is 4.11. The summed E-state index contributed by atoms with van der Waals surface area (Å²) < 4.78 is 0. The zero-order valence-electron chi connectivity index (χ0n) is 11.0. The molecule has 0 bridgehead atoms. The topological polar surface area (TPSA) is 43.1 Å². The number of ketones is 1. The third-order valence-corrected chi connectivity index (χ3v) is 4.44. The van der Waals surface area contributed by atoms with Gasteiger partial charge in [0.2, 0.25) is 0 Å². The summed E-state index contributed by atoms with van der Waals surface area (Å²) in [6.07, 6.45) is 4.46. The highest BCUT2D eigenvalue weighted by Crippen LogP contribution is 2.42. The Hall–Kier alpha value is -1.02. The van der Waals surface area contributed by atoms with Crippen LogP contribution in [0.25, 0.3) is 0 Å². The molecule has 2 nitrogen and oxygen atoms in total. The number of hydrogen-bond acceptors (Lipinski definition) is 2. The standard InChI is InChI=1S/C15H20ClNO/c1-15(2)8-4-3-5-11(15)14(18)10-6-7-13(17)12(16)9-10/h6-7,9,11H,3-5,8,17H2,1-2H3. The molecule has 0 aromatic heterocycles. The lowest BCUT2D eigenvalue weighted by Gasteiger charge is -2.37. The number of benzene rings is 1. The lowest BCUT2D eigenvalue weighted by Crippen LogP contribution is -2.34. The smallest absolute Gasteiger partial charge is 0.166 e. The Labute approximate surface area is 114 Å². The normalized spacial score (nSPS) is 22.7. The maximum atomic E-state index is 12.6. The Morgan fingerprint density at radius 1 is 1.39 bits per heavy atom. The van der Waals surface area contributed by atoms with Gasteiger partial charge in [-0.2, -0.15) is 0 Å². The van der Waals surface area contributed by atoms with Gasteiger partial charge in [-0.25, -0.2) is 0 Å². The van der Waals surface area contributed by atoms with Crippen LogP contribution in [0, 0.1) is 11.3 Å². The molecule has 1 unspecified atom stereocenters. The summed E-state index contributed by atoms with van der Waals surface area (Å²) in [6.45, 7) is 4.38. The first-order valence-corrected chi connectivity index (χ1v) is 6.89. The van der Waals surface area contributed by atoms with Gasteiger partial charge in [-0.1, -0.05) is 38.3 Å². The molecule has 1 aliphatic carbocycles. The van der Waals surface area contributed by atoms with Gasteiger partial charge in [0.15, 0.2) is 5.78 Å². The van der Waals surface area contributed by atoms with E-state index >= 15 is 0 Å². The van der Waals surface area contributed by atoms with Gasteiger partial charge in [-0.3, -0.25) is 4.79 Å². The van der Waals surface area contributed by atoms with Crippen LogP contribution in [0.15, 0.2) is 18.2 Å². The van der Waals surface area contributed by atoms with Crippen molar-refractivity contribution in [3.05, 3.63) is 28.8 Å². The summed E-state index contributed by atoms with van der Waals surface area (Å²) >= 11 is 5.99. The van der Waals surface area contributed by atoms with Gasteiger partial charge in [0.25, 0.3) is 0 Å². The van der Waals surface area contributed by atoms with Crippen LogP contribution in [0.5, 0.6) is 0 Å². The average molecular weight is 266 g/mol. The third kappa shape index (κ3) is 2.54. The molecule has 0 aliphatic heterocycles. The van der Waals surface area contributed by atoms with E-state index < -0.39 is 0 Å². The molecule has 0 radical (unpaired) electrons. The number of nitrogen functional groups attached to an aromatic ring is 1. The minimum absolute atomic E-state index is 0.0865. The number of rotatable bonds is 2. The van der Waals surface area contributed by atoms with E-state index in [1.807, 2.05) is 0 Å². The summed E-state index contributed by atoms with van der Waals surface area (Å²) in [7, 11) is 0. The van der Waals surface area contributed by atoms with Crippen LogP contribution < -0.4 is 5.73 Å². The van der Waals surface area contributed by atoms with Crippen molar-refractivity contribution in [2.75, 3.05) is 5.73 Å². The first-order valence-electron chi connectivity index (χ1n) is 6.51. The highest BCUT2D eigenvalue weighted by Gasteiger charge is 2.37. The molecule has 18 heavy (non-hydrogen) atoms. The maximum absolute atomic E-state index is 12.6. The maximum Gasteiger partial charge on any atom is 0.166 e. The molecule has 0 heterocycles. The Bertz CT molecular complexity index is 468. The van der Waals surface area contributed by atoms with E-state index in [9.17, 15) is 4.79 Å². The van der Waals surface area contributed by atoms with Crippen LogP contribution in [-0.4, -0.2) is 5.78 Å². The van der Waals surface area contributed by atoms with Crippen molar-refractivity contribution < 1.29 is 4.79 Å². The second-order valence-electron chi connectivity index (χ2n) is 5.89. The number of halogens is 1. The number of Topliss-reactive ketones (excluding diaryl/α,β-unsaturated/α-hetero) is 1. The number of carbonyl (C=O) groups is 1. The molecule has 2 N–H and O–H groups in total. The molecule has 1 saturated carbocycles. The fourth-order valence-electron chi connectivity index (χ4n) is 2.86. The Morgan fingerprint density at radius 2 is 2.11 bits per heavy atom. The minimum Gasteiger partial charge on any atom is -0.398 e. The first-order chi connectivity index (χ1) is 8.42. The van der Waals surface area contributed by atoms with Crippen molar-refractivity contribution in [1.82, 2.24) is 0 Å². The highest BCUT2D eigenvalue weighted by atomic mass is 35.5. The van der Waals surface area contributed by atoms with Crippen LogP contribution >= 0.6 is 11.6 Å². The Morgan fingerprint density at radius 3 is 2.72 bits per heavy atom. The van der Waals surface area contributed by atoms with Crippen LogP contribution in [0.4, 0.5) is 5.69 Å². The fraction of sp³-hybridized carbons (Fsp3) is 0.533. The van der Waals surface area contributed by atoms with E-state index in [1.54, 1.807) is 18.2 Å². The molecular formula is C15H20ClNO. The molecule has 2 rings (SSSR count). The minimum atomic E-state index is 0.0865. The van der Waals surface area contributed by atoms with Crippen molar-refractivity contribution >= 4 is 23.1 Å². The molecule has 1 fully saturated rings. The Kier molecular flexibility index (Phi) is 3.67. The van der Waals surface area contributed by atoms with Gasteiger partial charge in [0.05, 0.1) is 10.7 Å². The molecule has 1 atom stereocenters. The first kappa shape index (κ1) is 13.4. The summed E-state index contributed by atoms with van der Waals surface area (Å²) in [6, 6.07) is 5.20. The fourth-order valence-corrected chi connectivity index (χ4v) is 3.04. The summed E-state index contributed by atoms with van der Waals surface area (Å²) in [5, 5.41) is 0.467. The highest BCUT2D eigenvalue weighted by molar-refractivity contribution is 6.33. The molecule has 0 saturated heterocycles. The largest absolute Gasteiger partial charge is 0.398 e. The molecule has 0 spiro atoms. The van der Waals surface area contributed by atoms with Gasteiger partial charge in [-0.15, -0.1) is 0 Å². The lowest BCUT2D eigenvalue weighted by molar-refractivity contribution is 0.0697. The van der Waals surface area contributed by atoms with E-state index in [0.29, 0.717) is 16.3 Å². The van der Waals surface area contributed by atoms with E-state index in [1.165, 1.54) is 6.42 Å². The molecular weight excluding hydrogens is 246 g/mol. The quantitative estimate of drug-likeness (QED) is 0.639. The van der Waals surface area contributed by atoms with Crippen molar-refractivity contribution in [1.29, 1.82) is 0 Å². The van der Waals surface area contributed by atoms with Gasteiger partial charge >= 0.3 is 0 Å². The SMILES string of the molecule is CC1(C)CCCCC1C(=O)c1ccc(N)c(Cl)c1. The Balaban J connectivity index is 2.27. The summed E-state index contributed by atoms with van der Waals surface area (Å²) in [5.41, 5.74) is 6.98. The van der Waals surface area contributed by atoms with Crippen LogP contribution in [0.2, 0.25) is 5.02 Å². The monoisotopic (exact) mass is 265 g/mol. The van der Waals surface area contributed by atoms with Crippen molar-refractivity contribution in [2.45, 2.75) is 39.5 Å². The van der Waals surface area contributed by atoms with Crippen LogP contribution in [-0.2, 0) is 0 Å². The van der Waals surface area contributed by atoms with Crippen molar-refractivity contribution in [3.63, 3.8) is 0 Å². The molecule has 98 valence electrons. The molecule has 1 aromatic carbocycles. The van der Waals surface area contributed by atoms with Crippen LogP contribution in [0.1, 0.15) is 49.9 Å². The predicted molar refractivity (Wildman–Crippen MR) is 75.9 cm³/mol.